The monoisotopic (exact) mass is 259 g/mol. The summed E-state index contributed by atoms with van der Waals surface area (Å²) in [4.78, 5) is 0. The predicted octanol–water partition coefficient (Wildman–Crippen LogP) is 3.20. The van der Waals surface area contributed by atoms with Crippen molar-refractivity contribution in [3.8, 4) is 0 Å². The molecule has 0 spiro atoms. The third kappa shape index (κ3) is 2.51. The molecule has 2 aromatic carbocycles. The zero-order valence-corrected chi connectivity index (χ0v) is 10.5. The number of nitrogens with one attached hydrogen (secondary N) is 1. The van der Waals surface area contributed by atoms with Gasteiger partial charge in [0.05, 0.1) is 0 Å². The summed E-state index contributed by atoms with van der Waals surface area (Å²) in [6, 6.07) is 10.4. The molecule has 2 aromatic rings. The van der Waals surface area contributed by atoms with Crippen LogP contribution in [0, 0.1) is 11.6 Å². The molecule has 0 amide bonds. The summed E-state index contributed by atoms with van der Waals surface area (Å²) in [6.45, 7) is 1.86. The van der Waals surface area contributed by atoms with Gasteiger partial charge in [-0.1, -0.05) is 24.3 Å². The highest BCUT2D eigenvalue weighted by Crippen LogP contribution is 2.22. The maximum Gasteiger partial charge on any atom is 0.159 e. The van der Waals surface area contributed by atoms with Crippen LogP contribution in [0.25, 0.3) is 0 Å². The Morgan fingerprint density at radius 1 is 1.05 bits per heavy atom. The summed E-state index contributed by atoms with van der Waals surface area (Å²) in [6.07, 6.45) is 1.65. The molecule has 1 N–H and O–H groups in total. The van der Waals surface area contributed by atoms with E-state index in [2.05, 4.69) is 17.4 Å². The van der Waals surface area contributed by atoms with Crippen molar-refractivity contribution in [1.29, 1.82) is 0 Å². The quantitative estimate of drug-likeness (QED) is 0.873. The van der Waals surface area contributed by atoms with Gasteiger partial charge in [-0.3, -0.25) is 0 Å². The molecule has 3 heteroatoms. The zero-order valence-electron chi connectivity index (χ0n) is 10.5. The first-order chi connectivity index (χ1) is 9.24. The standard InChI is InChI=1S/C16H15F2N/c17-15-5-4-11(9-16(15)18)8-12-2-1-3-13-10-19-7-6-14(12)13/h1-5,9,19H,6-8,10H2. The van der Waals surface area contributed by atoms with E-state index in [9.17, 15) is 8.78 Å². The fraction of sp³-hybridized carbons (Fsp3) is 0.250. The van der Waals surface area contributed by atoms with Crippen molar-refractivity contribution in [2.75, 3.05) is 6.54 Å². The SMILES string of the molecule is Fc1ccc(Cc2cccc3c2CCNC3)cc1F. The van der Waals surface area contributed by atoms with Crippen molar-refractivity contribution >= 4 is 0 Å². The summed E-state index contributed by atoms with van der Waals surface area (Å²) < 4.78 is 26.2. The normalized spacial score (nSPS) is 14.2. The highest BCUT2D eigenvalue weighted by molar-refractivity contribution is 5.40. The molecule has 0 aliphatic carbocycles. The van der Waals surface area contributed by atoms with E-state index in [-0.39, 0.29) is 0 Å². The highest BCUT2D eigenvalue weighted by Gasteiger charge is 2.13. The Kier molecular flexibility index (Phi) is 3.30. The van der Waals surface area contributed by atoms with Gasteiger partial charge in [-0.2, -0.15) is 0 Å². The van der Waals surface area contributed by atoms with Crippen molar-refractivity contribution in [3.05, 3.63) is 70.3 Å². The molecule has 0 radical (unpaired) electrons. The summed E-state index contributed by atoms with van der Waals surface area (Å²) in [7, 11) is 0. The third-order valence-electron chi connectivity index (χ3n) is 3.62. The molecule has 1 heterocycles. The van der Waals surface area contributed by atoms with Crippen molar-refractivity contribution in [1.82, 2.24) is 5.32 Å². The minimum Gasteiger partial charge on any atom is -0.312 e. The van der Waals surface area contributed by atoms with Crippen LogP contribution in [0.4, 0.5) is 8.78 Å². The second kappa shape index (κ2) is 5.10. The molecule has 1 aliphatic rings. The Hall–Kier alpha value is -1.74. The van der Waals surface area contributed by atoms with Crippen LogP contribution in [-0.4, -0.2) is 6.54 Å². The van der Waals surface area contributed by atoms with Crippen LogP contribution >= 0.6 is 0 Å². The summed E-state index contributed by atoms with van der Waals surface area (Å²) in [5.41, 5.74) is 4.69. The predicted molar refractivity (Wildman–Crippen MR) is 71.0 cm³/mol. The van der Waals surface area contributed by atoms with E-state index in [1.54, 1.807) is 6.07 Å². The first-order valence-electron chi connectivity index (χ1n) is 6.48. The second-order valence-electron chi connectivity index (χ2n) is 4.91. The molecule has 0 bridgehead atoms. The first kappa shape index (κ1) is 12.3. The molecule has 3 rings (SSSR count). The topological polar surface area (TPSA) is 12.0 Å². The smallest absolute Gasteiger partial charge is 0.159 e. The van der Waals surface area contributed by atoms with E-state index in [1.165, 1.54) is 28.8 Å². The van der Waals surface area contributed by atoms with Crippen LogP contribution < -0.4 is 5.32 Å². The van der Waals surface area contributed by atoms with Crippen LogP contribution in [0.5, 0.6) is 0 Å². The molecule has 0 saturated carbocycles. The van der Waals surface area contributed by atoms with Gasteiger partial charge in [-0.05, 0) is 53.8 Å². The van der Waals surface area contributed by atoms with Gasteiger partial charge >= 0.3 is 0 Å². The molecule has 0 aromatic heterocycles. The lowest BCUT2D eigenvalue weighted by Crippen LogP contribution is -2.24. The Morgan fingerprint density at radius 2 is 1.95 bits per heavy atom. The molecule has 1 nitrogen and oxygen atoms in total. The third-order valence-corrected chi connectivity index (χ3v) is 3.62. The Bertz CT molecular complexity index is 608. The summed E-state index contributed by atoms with van der Waals surface area (Å²) >= 11 is 0. The van der Waals surface area contributed by atoms with Gasteiger partial charge in [0, 0.05) is 6.54 Å². The lowest BCUT2D eigenvalue weighted by Gasteiger charge is -2.20. The lowest BCUT2D eigenvalue weighted by atomic mass is 9.92. The van der Waals surface area contributed by atoms with Crippen LogP contribution in [0.3, 0.4) is 0 Å². The average molecular weight is 259 g/mol. The van der Waals surface area contributed by atoms with Gasteiger partial charge in [0.25, 0.3) is 0 Å². The zero-order chi connectivity index (χ0) is 13.2. The molecule has 19 heavy (non-hydrogen) atoms. The van der Waals surface area contributed by atoms with Crippen LogP contribution in [0.2, 0.25) is 0 Å². The first-order valence-corrected chi connectivity index (χ1v) is 6.48. The molecule has 0 atom stereocenters. The van der Waals surface area contributed by atoms with Crippen LogP contribution in [0.15, 0.2) is 36.4 Å². The number of benzene rings is 2. The van der Waals surface area contributed by atoms with E-state index >= 15 is 0 Å². The van der Waals surface area contributed by atoms with Crippen molar-refractivity contribution in [2.24, 2.45) is 0 Å². The summed E-state index contributed by atoms with van der Waals surface area (Å²) in [5.74, 6) is -1.56. The van der Waals surface area contributed by atoms with Gasteiger partial charge in [0.1, 0.15) is 0 Å². The van der Waals surface area contributed by atoms with Gasteiger partial charge in [0.2, 0.25) is 0 Å². The number of halogens is 2. The van der Waals surface area contributed by atoms with Gasteiger partial charge in [-0.25, -0.2) is 8.78 Å². The lowest BCUT2D eigenvalue weighted by molar-refractivity contribution is 0.507. The number of hydrogen-bond donors (Lipinski definition) is 1. The molecule has 0 unspecified atom stereocenters. The molecule has 1 aliphatic heterocycles. The van der Waals surface area contributed by atoms with Crippen LogP contribution in [-0.2, 0) is 19.4 Å². The Balaban J connectivity index is 1.92. The molecule has 0 fully saturated rings. The van der Waals surface area contributed by atoms with E-state index in [0.717, 1.165) is 25.1 Å². The average Bonchev–Trinajstić information content (AvgIpc) is 2.43. The minimum atomic E-state index is -0.789. The van der Waals surface area contributed by atoms with Crippen LogP contribution in [0.1, 0.15) is 22.3 Å². The highest BCUT2D eigenvalue weighted by atomic mass is 19.2. The fourth-order valence-corrected chi connectivity index (χ4v) is 2.65. The molecule has 98 valence electrons. The summed E-state index contributed by atoms with van der Waals surface area (Å²) in [5, 5.41) is 3.34. The Morgan fingerprint density at radius 3 is 2.79 bits per heavy atom. The molecule has 0 saturated heterocycles. The van der Waals surface area contributed by atoms with Gasteiger partial charge in [0.15, 0.2) is 11.6 Å². The second-order valence-corrected chi connectivity index (χ2v) is 4.91. The van der Waals surface area contributed by atoms with E-state index in [4.69, 9.17) is 0 Å². The fourth-order valence-electron chi connectivity index (χ4n) is 2.65. The van der Waals surface area contributed by atoms with Gasteiger partial charge < -0.3 is 5.32 Å². The van der Waals surface area contributed by atoms with E-state index in [1.807, 2.05) is 6.07 Å². The van der Waals surface area contributed by atoms with E-state index in [0.29, 0.717) is 6.42 Å². The number of hydrogen-bond acceptors (Lipinski definition) is 1. The van der Waals surface area contributed by atoms with Crippen molar-refractivity contribution in [2.45, 2.75) is 19.4 Å². The maximum atomic E-state index is 13.2. The molecular formula is C16H15F2N. The number of rotatable bonds is 2. The largest absolute Gasteiger partial charge is 0.312 e. The minimum absolute atomic E-state index is 0.653. The van der Waals surface area contributed by atoms with Crippen molar-refractivity contribution < 1.29 is 8.78 Å². The number of fused-ring (bicyclic) bond motifs is 1. The Labute approximate surface area is 111 Å². The van der Waals surface area contributed by atoms with Gasteiger partial charge in [-0.15, -0.1) is 0 Å². The van der Waals surface area contributed by atoms with Crippen molar-refractivity contribution in [3.63, 3.8) is 0 Å². The molecular weight excluding hydrogens is 244 g/mol. The maximum absolute atomic E-state index is 13.2. The van der Waals surface area contributed by atoms with E-state index < -0.39 is 11.6 Å².